The second-order valence-electron chi connectivity index (χ2n) is 3.89. The van der Waals surface area contributed by atoms with Crippen LogP contribution < -0.4 is 11.1 Å². The molecule has 0 aliphatic heterocycles. The van der Waals surface area contributed by atoms with Crippen molar-refractivity contribution in [2.75, 3.05) is 5.32 Å². The number of carbonyl (C=O) groups is 1. The van der Waals surface area contributed by atoms with E-state index in [9.17, 15) is 9.18 Å². The Hall–Kier alpha value is -1.95. The zero-order valence-corrected chi connectivity index (χ0v) is 11.4. The van der Waals surface area contributed by atoms with Crippen LogP contribution in [-0.4, -0.2) is 10.9 Å². The number of nitrogens with two attached hydrogens (primary N) is 1. The van der Waals surface area contributed by atoms with Gasteiger partial charge in [-0.1, -0.05) is 15.9 Å². The molecule has 4 nitrogen and oxygen atoms in total. The fourth-order valence-electron chi connectivity index (χ4n) is 1.51. The van der Waals surface area contributed by atoms with Gasteiger partial charge in [0.25, 0.3) is 0 Å². The first-order valence-corrected chi connectivity index (χ1v) is 6.29. The second kappa shape index (κ2) is 5.79. The molecule has 1 aromatic heterocycles. The van der Waals surface area contributed by atoms with Crippen molar-refractivity contribution in [2.24, 2.45) is 5.73 Å². The number of benzene rings is 1. The molecule has 0 bridgehead atoms. The van der Waals surface area contributed by atoms with Gasteiger partial charge in [-0.15, -0.1) is 0 Å². The minimum absolute atomic E-state index is 0.288. The smallest absolute Gasteiger partial charge is 0.250 e. The molecule has 0 saturated carbocycles. The van der Waals surface area contributed by atoms with E-state index in [2.05, 4.69) is 26.2 Å². The van der Waals surface area contributed by atoms with Gasteiger partial charge in [-0.2, -0.15) is 0 Å². The molecule has 1 amide bonds. The zero-order valence-electron chi connectivity index (χ0n) is 9.86. The van der Waals surface area contributed by atoms with Crippen molar-refractivity contribution >= 4 is 27.7 Å². The first-order chi connectivity index (χ1) is 9.06. The molecule has 0 saturated heterocycles. The monoisotopic (exact) mass is 323 g/mol. The highest BCUT2D eigenvalue weighted by Crippen LogP contribution is 2.16. The molecule has 2 rings (SSSR count). The molecule has 2 aromatic rings. The van der Waals surface area contributed by atoms with Crippen LogP contribution in [0.4, 0.5) is 10.2 Å². The van der Waals surface area contributed by atoms with Crippen LogP contribution in [0.15, 0.2) is 41.0 Å². The lowest BCUT2D eigenvalue weighted by Crippen LogP contribution is -2.11. The molecule has 3 N–H and O–H groups in total. The lowest BCUT2D eigenvalue weighted by Gasteiger charge is -2.07. The highest BCUT2D eigenvalue weighted by atomic mass is 79.9. The summed E-state index contributed by atoms with van der Waals surface area (Å²) in [7, 11) is 0. The second-order valence-corrected chi connectivity index (χ2v) is 4.80. The fraction of sp³-hybridized carbons (Fsp3) is 0.0769. The number of nitrogens with zero attached hydrogens (tertiary/aromatic N) is 1. The number of anilines is 1. The van der Waals surface area contributed by atoms with Gasteiger partial charge in [0.05, 0.1) is 5.56 Å². The van der Waals surface area contributed by atoms with E-state index in [1.165, 1.54) is 12.3 Å². The van der Waals surface area contributed by atoms with Gasteiger partial charge in [-0.25, -0.2) is 9.37 Å². The van der Waals surface area contributed by atoms with Crippen LogP contribution in [0.5, 0.6) is 0 Å². The van der Waals surface area contributed by atoms with Crippen LogP contribution in [0.2, 0.25) is 0 Å². The Kier molecular flexibility index (Phi) is 4.11. The summed E-state index contributed by atoms with van der Waals surface area (Å²) in [5.41, 5.74) is 5.97. The van der Waals surface area contributed by atoms with Crippen molar-refractivity contribution in [3.05, 3.63) is 57.9 Å². The van der Waals surface area contributed by atoms with Crippen molar-refractivity contribution in [1.82, 2.24) is 4.98 Å². The lowest BCUT2D eigenvalue weighted by molar-refractivity contribution is 0.1000. The van der Waals surface area contributed by atoms with Crippen molar-refractivity contribution in [2.45, 2.75) is 6.54 Å². The highest BCUT2D eigenvalue weighted by molar-refractivity contribution is 9.10. The van der Waals surface area contributed by atoms with Crippen LogP contribution in [0.3, 0.4) is 0 Å². The van der Waals surface area contributed by atoms with Gasteiger partial charge in [-0.3, -0.25) is 4.79 Å². The number of hydrogen-bond acceptors (Lipinski definition) is 3. The molecule has 0 atom stereocenters. The molecule has 19 heavy (non-hydrogen) atoms. The van der Waals surface area contributed by atoms with E-state index < -0.39 is 5.91 Å². The number of nitrogens with one attached hydrogen (secondary N) is 1. The van der Waals surface area contributed by atoms with Crippen molar-refractivity contribution in [3.63, 3.8) is 0 Å². The molecule has 1 heterocycles. The molecule has 0 aliphatic rings. The van der Waals surface area contributed by atoms with E-state index >= 15 is 0 Å². The Morgan fingerprint density at radius 2 is 2.16 bits per heavy atom. The number of pyridine rings is 1. The Morgan fingerprint density at radius 1 is 1.37 bits per heavy atom. The lowest BCUT2D eigenvalue weighted by atomic mass is 10.2. The van der Waals surface area contributed by atoms with Crippen LogP contribution >= 0.6 is 15.9 Å². The van der Waals surface area contributed by atoms with Crippen LogP contribution in [-0.2, 0) is 6.54 Å². The molecule has 0 unspecified atom stereocenters. The molecule has 0 aliphatic carbocycles. The summed E-state index contributed by atoms with van der Waals surface area (Å²) in [6.07, 6.45) is 1.38. The molecule has 0 radical (unpaired) electrons. The van der Waals surface area contributed by atoms with Crippen molar-refractivity contribution in [1.29, 1.82) is 0 Å². The summed E-state index contributed by atoms with van der Waals surface area (Å²) < 4.78 is 14.3. The molecular formula is C13H11BrFN3O. The Labute approximate surface area is 118 Å². The largest absolute Gasteiger partial charge is 0.366 e. The van der Waals surface area contributed by atoms with Crippen LogP contribution in [0.1, 0.15) is 15.9 Å². The standard InChI is InChI=1S/C13H11BrFN3O/c14-10-2-3-11(15)9(5-10)7-18-12-4-1-8(6-17-12)13(16)19/h1-6H,7H2,(H2,16,19)(H,17,18). The summed E-state index contributed by atoms with van der Waals surface area (Å²) in [5.74, 6) is -0.272. The molecule has 1 aromatic carbocycles. The summed E-state index contributed by atoms with van der Waals surface area (Å²) in [4.78, 5) is 14.9. The number of primary amides is 1. The molecular weight excluding hydrogens is 313 g/mol. The average Bonchev–Trinajstić information content (AvgIpc) is 2.40. The van der Waals surface area contributed by atoms with Gasteiger partial charge in [-0.05, 0) is 30.3 Å². The maximum absolute atomic E-state index is 13.5. The third-order valence-corrected chi connectivity index (χ3v) is 3.01. The maximum Gasteiger partial charge on any atom is 0.250 e. The third-order valence-electron chi connectivity index (χ3n) is 2.52. The van der Waals surface area contributed by atoms with Crippen molar-refractivity contribution in [3.8, 4) is 0 Å². The number of rotatable bonds is 4. The molecule has 0 fully saturated rings. The minimum Gasteiger partial charge on any atom is -0.366 e. The normalized spacial score (nSPS) is 10.2. The SMILES string of the molecule is NC(=O)c1ccc(NCc2cc(Br)ccc2F)nc1. The molecule has 6 heteroatoms. The first kappa shape index (κ1) is 13.5. The zero-order chi connectivity index (χ0) is 13.8. The fourth-order valence-corrected chi connectivity index (χ4v) is 1.92. The average molecular weight is 324 g/mol. The topological polar surface area (TPSA) is 68.0 Å². The summed E-state index contributed by atoms with van der Waals surface area (Å²) in [6.45, 7) is 0.300. The predicted molar refractivity (Wildman–Crippen MR) is 74.2 cm³/mol. The Bertz CT molecular complexity index is 601. The van der Waals surface area contributed by atoms with Crippen LogP contribution in [0, 0.1) is 5.82 Å². The third kappa shape index (κ3) is 3.51. The summed E-state index contributed by atoms with van der Waals surface area (Å²) in [5, 5.41) is 2.97. The van der Waals surface area contributed by atoms with Crippen LogP contribution in [0.25, 0.3) is 0 Å². The van der Waals surface area contributed by atoms with E-state index in [-0.39, 0.29) is 5.82 Å². The number of aromatic nitrogens is 1. The van der Waals surface area contributed by atoms with E-state index in [1.807, 2.05) is 0 Å². The van der Waals surface area contributed by atoms with Gasteiger partial charge >= 0.3 is 0 Å². The highest BCUT2D eigenvalue weighted by Gasteiger charge is 2.04. The number of amides is 1. The predicted octanol–water partition coefficient (Wildman–Crippen LogP) is 2.69. The van der Waals surface area contributed by atoms with Gasteiger partial charge in [0.2, 0.25) is 5.91 Å². The quantitative estimate of drug-likeness (QED) is 0.909. The van der Waals surface area contributed by atoms with Gasteiger partial charge in [0.1, 0.15) is 11.6 Å². The summed E-state index contributed by atoms with van der Waals surface area (Å²) >= 11 is 3.29. The number of hydrogen-bond donors (Lipinski definition) is 2. The minimum atomic E-state index is -0.530. The summed E-state index contributed by atoms with van der Waals surface area (Å²) in [6, 6.07) is 7.91. The van der Waals surface area contributed by atoms with E-state index in [0.29, 0.717) is 23.5 Å². The van der Waals surface area contributed by atoms with E-state index in [1.54, 1.807) is 24.3 Å². The Morgan fingerprint density at radius 3 is 2.79 bits per heavy atom. The van der Waals surface area contributed by atoms with E-state index in [4.69, 9.17) is 5.73 Å². The molecule has 98 valence electrons. The van der Waals surface area contributed by atoms with Crippen molar-refractivity contribution < 1.29 is 9.18 Å². The Balaban J connectivity index is 2.06. The number of carbonyl (C=O) groups excluding carboxylic acids is 1. The first-order valence-electron chi connectivity index (χ1n) is 5.50. The molecule has 0 spiro atoms. The maximum atomic E-state index is 13.5. The van der Waals surface area contributed by atoms with Gasteiger partial charge in [0, 0.05) is 22.8 Å². The van der Waals surface area contributed by atoms with Gasteiger partial charge < -0.3 is 11.1 Å². The van der Waals surface area contributed by atoms with E-state index in [0.717, 1.165) is 4.47 Å². The number of halogens is 2. The van der Waals surface area contributed by atoms with Gasteiger partial charge in [0.15, 0.2) is 0 Å².